The highest BCUT2D eigenvalue weighted by atomic mass is 35.5. The average molecular weight is 389 g/mol. The van der Waals surface area contributed by atoms with Crippen molar-refractivity contribution in [2.75, 3.05) is 0 Å². The van der Waals surface area contributed by atoms with Gasteiger partial charge in [-0.15, -0.1) is 0 Å². The number of rotatable bonds is 2. The molecule has 0 N–H and O–H groups in total. The zero-order valence-corrected chi connectivity index (χ0v) is 16.4. The lowest BCUT2D eigenvalue weighted by Gasteiger charge is -2.19. The Morgan fingerprint density at radius 1 is 0.964 bits per heavy atom. The molecule has 0 saturated heterocycles. The molecule has 5 rings (SSSR count). The van der Waals surface area contributed by atoms with E-state index in [1.54, 1.807) is 0 Å². The predicted molar refractivity (Wildman–Crippen MR) is 118 cm³/mol. The van der Waals surface area contributed by atoms with E-state index in [1.165, 1.54) is 0 Å². The molecule has 0 radical (unpaired) electrons. The summed E-state index contributed by atoms with van der Waals surface area (Å²) in [7, 11) is 0. The number of hydrogen-bond donors (Lipinski definition) is 0. The largest absolute Gasteiger partial charge is 0.460 e. The number of benzene rings is 3. The van der Waals surface area contributed by atoms with Crippen LogP contribution in [0.5, 0.6) is 0 Å². The van der Waals surface area contributed by atoms with E-state index >= 15 is 0 Å². The van der Waals surface area contributed by atoms with Crippen LogP contribution in [0.1, 0.15) is 45.8 Å². The van der Waals surface area contributed by atoms with Gasteiger partial charge in [0.2, 0.25) is 0 Å². The molecule has 4 aromatic rings. The van der Waals surface area contributed by atoms with Gasteiger partial charge in [-0.25, -0.2) is 0 Å². The van der Waals surface area contributed by atoms with Gasteiger partial charge < -0.3 is 4.42 Å². The Morgan fingerprint density at radius 3 is 2.54 bits per heavy atom. The summed E-state index contributed by atoms with van der Waals surface area (Å²) in [6.07, 6.45) is 4.69. The van der Waals surface area contributed by atoms with Gasteiger partial charge >= 0.3 is 0 Å². The van der Waals surface area contributed by atoms with E-state index in [0.29, 0.717) is 16.2 Å². The molecule has 0 bridgehead atoms. The van der Waals surface area contributed by atoms with E-state index in [9.17, 15) is 0 Å². The van der Waals surface area contributed by atoms with Crippen molar-refractivity contribution in [1.29, 1.82) is 0 Å². The summed E-state index contributed by atoms with van der Waals surface area (Å²) in [5.41, 5.74) is 6.38. The Balaban J connectivity index is 1.70. The first-order valence-corrected chi connectivity index (χ1v) is 9.71. The fraction of sp³-hybridized carbons (Fsp3) is 0.154. The normalized spacial score (nSPS) is 17.8. The summed E-state index contributed by atoms with van der Waals surface area (Å²) in [5, 5.41) is 1.15. The molecule has 1 nitrogen and oxygen atoms in total. The fourth-order valence-corrected chi connectivity index (χ4v) is 4.37. The molecular weight excluding hydrogens is 364 g/mol. The van der Waals surface area contributed by atoms with Gasteiger partial charge in [-0.3, -0.25) is 0 Å². The minimum absolute atomic E-state index is 0.0596. The first-order chi connectivity index (χ1) is 15.2. The fourth-order valence-electron chi connectivity index (χ4n) is 4.08. The van der Waals surface area contributed by atoms with Crippen LogP contribution in [-0.4, -0.2) is 0 Å². The molecule has 1 aliphatic carbocycles. The molecule has 28 heavy (non-hydrogen) atoms. The minimum atomic E-state index is -0.275. The molecule has 0 amide bonds. The smallest absolute Gasteiger partial charge is 0.134 e. The summed E-state index contributed by atoms with van der Waals surface area (Å²) < 4.78 is 38.8. The van der Waals surface area contributed by atoms with Crippen molar-refractivity contribution >= 4 is 28.6 Å². The molecule has 2 heteroatoms. The first kappa shape index (κ1) is 13.4. The van der Waals surface area contributed by atoms with Crippen LogP contribution in [-0.2, 0) is 0 Å². The lowest BCUT2D eigenvalue weighted by molar-refractivity contribution is 0.516. The number of furan rings is 1. The van der Waals surface area contributed by atoms with Crippen molar-refractivity contribution < 1.29 is 9.90 Å². The van der Waals surface area contributed by atoms with E-state index in [1.807, 2.05) is 25.1 Å². The molecule has 3 aromatic carbocycles. The third-order valence-electron chi connectivity index (χ3n) is 5.25. The molecule has 1 unspecified atom stereocenters. The third-order valence-corrected chi connectivity index (χ3v) is 5.47. The Labute approximate surface area is 175 Å². The second-order valence-corrected chi connectivity index (χ2v) is 7.86. The summed E-state index contributed by atoms with van der Waals surface area (Å²) in [6.45, 7) is 4.09. The van der Waals surface area contributed by atoms with Crippen LogP contribution < -0.4 is 0 Å². The van der Waals surface area contributed by atoms with Gasteiger partial charge in [0.15, 0.2) is 0 Å². The van der Waals surface area contributed by atoms with Crippen molar-refractivity contribution in [3.05, 3.63) is 99.7 Å². The van der Waals surface area contributed by atoms with Crippen LogP contribution in [0.25, 0.3) is 28.2 Å². The Hall–Kier alpha value is -2.77. The van der Waals surface area contributed by atoms with Crippen molar-refractivity contribution in [2.24, 2.45) is 0 Å². The van der Waals surface area contributed by atoms with Crippen LogP contribution in [0.3, 0.4) is 0 Å². The van der Waals surface area contributed by atoms with E-state index in [4.69, 9.17) is 21.5 Å². The van der Waals surface area contributed by atoms with Crippen molar-refractivity contribution in [3.8, 4) is 11.1 Å². The zero-order valence-electron chi connectivity index (χ0n) is 19.7. The van der Waals surface area contributed by atoms with Gasteiger partial charge in [0.25, 0.3) is 0 Å². The maximum absolute atomic E-state index is 8.38. The molecule has 0 fully saturated rings. The van der Waals surface area contributed by atoms with Crippen LogP contribution >= 0.6 is 11.6 Å². The molecule has 138 valence electrons. The van der Waals surface area contributed by atoms with Gasteiger partial charge in [-0.05, 0) is 60.7 Å². The highest BCUT2D eigenvalue weighted by molar-refractivity contribution is 6.31. The van der Waals surface area contributed by atoms with Gasteiger partial charge in [-0.2, -0.15) is 0 Å². The molecule has 1 aliphatic rings. The zero-order chi connectivity index (χ0) is 22.7. The maximum Gasteiger partial charge on any atom is 0.134 e. The minimum Gasteiger partial charge on any atom is -0.460 e. The van der Waals surface area contributed by atoms with Crippen LogP contribution in [0.15, 0.2) is 71.1 Å². The second-order valence-electron chi connectivity index (χ2n) is 7.42. The lowest BCUT2D eigenvalue weighted by Crippen LogP contribution is -2.04. The van der Waals surface area contributed by atoms with Crippen molar-refractivity contribution in [1.82, 2.24) is 0 Å². The number of aryl methyl sites for hydroxylation is 2. The molecule has 0 spiro atoms. The highest BCUT2D eigenvalue weighted by Crippen LogP contribution is 2.41. The topological polar surface area (TPSA) is 13.1 Å². The summed E-state index contributed by atoms with van der Waals surface area (Å²) in [5.74, 6) is 0.608. The summed E-state index contributed by atoms with van der Waals surface area (Å²) >= 11 is 6.31. The molecule has 0 saturated carbocycles. The van der Waals surface area contributed by atoms with Gasteiger partial charge in [0.05, 0.1) is 5.48 Å². The number of para-hydroxylation sites is 1. The predicted octanol–water partition coefficient (Wildman–Crippen LogP) is 7.92. The molecular formula is C26H21ClO. The summed E-state index contributed by atoms with van der Waals surface area (Å²) in [4.78, 5) is 0. The summed E-state index contributed by atoms with van der Waals surface area (Å²) in [6, 6.07) is 11.7. The molecule has 1 atom stereocenters. The lowest BCUT2D eigenvalue weighted by atomic mass is 9.84. The van der Waals surface area contributed by atoms with Crippen LogP contribution in [0.2, 0.25) is 5.02 Å². The first-order valence-electron chi connectivity index (χ1n) is 11.3. The number of hydrogen-bond acceptors (Lipinski definition) is 1. The maximum atomic E-state index is 8.38. The van der Waals surface area contributed by atoms with Gasteiger partial charge in [0, 0.05) is 21.9 Å². The Morgan fingerprint density at radius 2 is 1.71 bits per heavy atom. The van der Waals surface area contributed by atoms with Gasteiger partial charge in [0.1, 0.15) is 11.3 Å². The number of fused-ring (bicyclic) bond motifs is 3. The van der Waals surface area contributed by atoms with Crippen LogP contribution in [0, 0.1) is 13.8 Å². The monoisotopic (exact) mass is 388 g/mol. The Bertz CT molecular complexity index is 1410. The number of halogens is 1. The van der Waals surface area contributed by atoms with Crippen LogP contribution in [0.4, 0.5) is 0 Å². The van der Waals surface area contributed by atoms with E-state index in [0.717, 1.165) is 39.8 Å². The van der Waals surface area contributed by atoms with Gasteiger partial charge in [-0.1, -0.05) is 71.7 Å². The standard InChI is InChI=1S/C26H21ClO/c1-16-10-18(19-11-17(2)13-21(27)15-19)14-20(12-16)22-7-5-8-24-23-6-3-4-9-25(23)28-26(22)24/h3-6,8-15,22H,7H2,1-2H3/i3D,4D,6D,9D. The second kappa shape index (κ2) is 6.68. The highest BCUT2D eigenvalue weighted by Gasteiger charge is 2.25. The SMILES string of the molecule is [2H]c1c([2H])c([2H])c2c3c(oc2c1[2H])C(c1cc(C)cc(-c2cc(C)cc(Cl)c2)c1)CC=C3. The molecule has 0 aliphatic heterocycles. The van der Waals surface area contributed by atoms with E-state index < -0.39 is 0 Å². The van der Waals surface area contributed by atoms with E-state index in [2.05, 4.69) is 37.3 Å². The molecule has 1 aromatic heterocycles. The third kappa shape index (κ3) is 2.96. The van der Waals surface area contributed by atoms with E-state index in [-0.39, 0.29) is 35.7 Å². The quantitative estimate of drug-likeness (QED) is 0.340. The molecule has 1 heterocycles. The Kier molecular flexibility index (Phi) is 3.20. The number of allylic oxidation sites excluding steroid dienone is 1. The average Bonchev–Trinajstić information content (AvgIpc) is 3.15. The van der Waals surface area contributed by atoms with Crippen molar-refractivity contribution in [2.45, 2.75) is 26.2 Å². The van der Waals surface area contributed by atoms with Crippen molar-refractivity contribution in [3.63, 3.8) is 0 Å².